The number of anilines is 1. The first-order valence-corrected chi connectivity index (χ1v) is 10.9. The first-order chi connectivity index (χ1) is 14.5. The minimum absolute atomic E-state index is 0.0547. The van der Waals surface area contributed by atoms with Gasteiger partial charge in [-0.05, 0) is 37.5 Å². The Morgan fingerprint density at radius 3 is 2.47 bits per heavy atom. The van der Waals surface area contributed by atoms with Crippen LogP contribution in [0.2, 0.25) is 0 Å². The van der Waals surface area contributed by atoms with Crippen LogP contribution in [0.25, 0.3) is 0 Å². The summed E-state index contributed by atoms with van der Waals surface area (Å²) in [5.74, 6) is 1.08. The molecule has 0 fully saturated rings. The lowest BCUT2D eigenvalue weighted by Crippen LogP contribution is -2.17. The molecule has 0 radical (unpaired) electrons. The maximum atomic E-state index is 12.6. The lowest BCUT2D eigenvalue weighted by Gasteiger charge is -2.13. The van der Waals surface area contributed by atoms with Gasteiger partial charge in [0.2, 0.25) is 5.91 Å². The second-order valence-electron chi connectivity index (χ2n) is 7.32. The summed E-state index contributed by atoms with van der Waals surface area (Å²) in [5, 5.41) is 12.5. The van der Waals surface area contributed by atoms with Gasteiger partial charge >= 0.3 is 0 Å². The average Bonchev–Trinajstić information content (AvgIpc) is 3.09. The van der Waals surface area contributed by atoms with E-state index in [4.69, 9.17) is 4.74 Å². The summed E-state index contributed by atoms with van der Waals surface area (Å²) in [4.78, 5) is 12.6. The number of thioether (sulfide) groups is 1. The number of aryl methyl sites for hydroxylation is 3. The summed E-state index contributed by atoms with van der Waals surface area (Å²) in [6, 6.07) is 14.3. The summed E-state index contributed by atoms with van der Waals surface area (Å²) in [5.41, 5.74) is 5.38. The van der Waals surface area contributed by atoms with Crippen molar-refractivity contribution in [1.82, 2.24) is 14.8 Å². The van der Waals surface area contributed by atoms with Crippen LogP contribution >= 0.6 is 11.8 Å². The first kappa shape index (κ1) is 22.1. The number of nitrogens with zero attached hydrogens (tertiary/aromatic N) is 3. The molecule has 0 atom stereocenters. The van der Waals surface area contributed by atoms with Crippen molar-refractivity contribution in [1.29, 1.82) is 0 Å². The van der Waals surface area contributed by atoms with Crippen molar-refractivity contribution < 1.29 is 9.53 Å². The van der Waals surface area contributed by atoms with Gasteiger partial charge in [-0.3, -0.25) is 4.79 Å². The SMILES string of the molecule is COCCn1c(Cc2ccccc2)nnc1SCC(=O)Nc1c(C)cc(C)cc1C. The number of rotatable bonds is 9. The highest BCUT2D eigenvalue weighted by molar-refractivity contribution is 7.99. The monoisotopic (exact) mass is 424 g/mol. The lowest BCUT2D eigenvalue weighted by molar-refractivity contribution is -0.113. The lowest BCUT2D eigenvalue weighted by atomic mass is 10.1. The molecule has 0 aliphatic carbocycles. The number of aromatic nitrogens is 3. The molecule has 6 nitrogen and oxygen atoms in total. The van der Waals surface area contributed by atoms with Crippen LogP contribution in [0.5, 0.6) is 0 Å². The van der Waals surface area contributed by atoms with Gasteiger partial charge in [0.05, 0.1) is 12.4 Å². The molecule has 0 saturated carbocycles. The molecular weight excluding hydrogens is 396 g/mol. The maximum Gasteiger partial charge on any atom is 0.234 e. The Balaban J connectivity index is 1.69. The molecule has 0 aliphatic rings. The predicted octanol–water partition coefficient (Wildman–Crippen LogP) is 4.17. The molecule has 0 unspecified atom stereocenters. The van der Waals surface area contributed by atoms with Crippen LogP contribution in [0.1, 0.15) is 28.1 Å². The van der Waals surface area contributed by atoms with E-state index in [1.54, 1.807) is 7.11 Å². The molecular formula is C23H28N4O2S. The van der Waals surface area contributed by atoms with Gasteiger partial charge in [0.25, 0.3) is 0 Å². The molecule has 0 saturated heterocycles. The van der Waals surface area contributed by atoms with E-state index < -0.39 is 0 Å². The Hall–Kier alpha value is -2.64. The van der Waals surface area contributed by atoms with E-state index in [1.165, 1.54) is 22.9 Å². The molecule has 3 aromatic rings. The van der Waals surface area contributed by atoms with Crippen LogP contribution < -0.4 is 5.32 Å². The number of hydrogen-bond acceptors (Lipinski definition) is 5. The number of hydrogen-bond donors (Lipinski definition) is 1. The van der Waals surface area contributed by atoms with Crippen molar-refractivity contribution >= 4 is 23.4 Å². The normalized spacial score (nSPS) is 10.9. The minimum Gasteiger partial charge on any atom is -0.383 e. The smallest absolute Gasteiger partial charge is 0.234 e. The Bertz CT molecular complexity index is 979. The van der Waals surface area contributed by atoms with Crippen LogP contribution in [0.4, 0.5) is 5.69 Å². The van der Waals surface area contributed by atoms with Crippen LogP contribution in [0, 0.1) is 20.8 Å². The molecule has 30 heavy (non-hydrogen) atoms. The summed E-state index contributed by atoms with van der Waals surface area (Å²) < 4.78 is 7.29. The van der Waals surface area contributed by atoms with Crippen molar-refractivity contribution in [3.8, 4) is 0 Å². The molecule has 1 aromatic heterocycles. The fraction of sp³-hybridized carbons (Fsp3) is 0.348. The van der Waals surface area contributed by atoms with E-state index in [0.717, 1.165) is 27.8 Å². The van der Waals surface area contributed by atoms with E-state index in [9.17, 15) is 4.79 Å². The number of amides is 1. The molecule has 0 spiro atoms. The van der Waals surface area contributed by atoms with Crippen molar-refractivity contribution in [2.24, 2.45) is 0 Å². The van der Waals surface area contributed by atoms with E-state index in [-0.39, 0.29) is 11.7 Å². The zero-order valence-corrected chi connectivity index (χ0v) is 18.8. The van der Waals surface area contributed by atoms with Gasteiger partial charge in [0.1, 0.15) is 5.82 Å². The van der Waals surface area contributed by atoms with Crippen molar-refractivity contribution in [3.63, 3.8) is 0 Å². The Morgan fingerprint density at radius 1 is 1.10 bits per heavy atom. The maximum absolute atomic E-state index is 12.6. The fourth-order valence-electron chi connectivity index (χ4n) is 3.42. The molecule has 1 N–H and O–H groups in total. The van der Waals surface area contributed by atoms with Gasteiger partial charge in [0, 0.05) is 25.8 Å². The fourth-order valence-corrected chi connectivity index (χ4v) is 4.21. The number of methoxy groups -OCH3 is 1. The number of benzene rings is 2. The van der Waals surface area contributed by atoms with Crippen LogP contribution in [0.3, 0.4) is 0 Å². The van der Waals surface area contributed by atoms with E-state index in [1.807, 2.05) is 36.6 Å². The predicted molar refractivity (Wildman–Crippen MR) is 121 cm³/mol. The molecule has 0 bridgehead atoms. The largest absolute Gasteiger partial charge is 0.383 e. The topological polar surface area (TPSA) is 69.0 Å². The minimum atomic E-state index is -0.0547. The number of nitrogens with one attached hydrogen (secondary N) is 1. The third-order valence-electron chi connectivity index (χ3n) is 4.79. The quantitative estimate of drug-likeness (QED) is 0.522. The number of carbonyl (C=O) groups is 1. The highest BCUT2D eigenvalue weighted by Crippen LogP contribution is 2.23. The number of carbonyl (C=O) groups excluding carboxylic acids is 1. The average molecular weight is 425 g/mol. The van der Waals surface area contributed by atoms with Crippen LogP contribution in [-0.4, -0.2) is 40.1 Å². The molecule has 0 aliphatic heterocycles. The van der Waals surface area contributed by atoms with Gasteiger partial charge in [-0.25, -0.2) is 0 Å². The molecule has 158 valence electrons. The molecule has 3 rings (SSSR count). The van der Waals surface area contributed by atoms with Crippen molar-refractivity contribution in [2.75, 3.05) is 24.8 Å². The van der Waals surface area contributed by atoms with Crippen molar-refractivity contribution in [2.45, 2.75) is 38.9 Å². The van der Waals surface area contributed by atoms with Crippen LogP contribution in [-0.2, 0) is 22.5 Å². The molecule has 1 heterocycles. The Kier molecular flexibility index (Phi) is 7.65. The molecule has 7 heteroatoms. The highest BCUT2D eigenvalue weighted by atomic mass is 32.2. The number of ether oxygens (including phenoxy) is 1. The van der Waals surface area contributed by atoms with Crippen molar-refractivity contribution in [3.05, 3.63) is 70.5 Å². The third kappa shape index (κ3) is 5.70. The summed E-state index contributed by atoms with van der Waals surface area (Å²) in [6.07, 6.45) is 0.687. The Morgan fingerprint density at radius 2 is 1.80 bits per heavy atom. The molecule has 2 aromatic carbocycles. The first-order valence-electron chi connectivity index (χ1n) is 9.93. The zero-order valence-electron chi connectivity index (χ0n) is 17.9. The third-order valence-corrected chi connectivity index (χ3v) is 5.76. The van der Waals surface area contributed by atoms with E-state index in [0.29, 0.717) is 19.6 Å². The van der Waals surface area contributed by atoms with Gasteiger partial charge in [0.15, 0.2) is 5.16 Å². The summed E-state index contributed by atoms with van der Waals surface area (Å²) in [7, 11) is 1.67. The van der Waals surface area contributed by atoms with Gasteiger partial charge in [-0.15, -0.1) is 10.2 Å². The second kappa shape index (κ2) is 10.4. The zero-order chi connectivity index (χ0) is 21.5. The standard InChI is InChI=1S/C23H28N4O2S/c1-16-12-17(2)22(18(3)13-16)24-21(28)15-30-23-26-25-20(27(23)10-11-29-4)14-19-8-6-5-7-9-19/h5-9,12-13H,10-11,14-15H2,1-4H3,(H,24,28). The van der Waals surface area contributed by atoms with Gasteiger partial charge in [-0.2, -0.15) is 0 Å². The van der Waals surface area contributed by atoms with E-state index >= 15 is 0 Å². The summed E-state index contributed by atoms with van der Waals surface area (Å²) in [6.45, 7) is 7.29. The highest BCUT2D eigenvalue weighted by Gasteiger charge is 2.15. The van der Waals surface area contributed by atoms with E-state index in [2.05, 4.69) is 46.7 Å². The summed E-state index contributed by atoms with van der Waals surface area (Å²) >= 11 is 1.39. The van der Waals surface area contributed by atoms with Crippen LogP contribution in [0.15, 0.2) is 47.6 Å². The van der Waals surface area contributed by atoms with Gasteiger partial charge in [-0.1, -0.05) is 59.8 Å². The van der Waals surface area contributed by atoms with Gasteiger partial charge < -0.3 is 14.6 Å². The second-order valence-corrected chi connectivity index (χ2v) is 8.26. The molecule has 1 amide bonds. The Labute approximate surface area is 182 Å².